The summed E-state index contributed by atoms with van der Waals surface area (Å²) in [5.41, 5.74) is 1.37. The van der Waals surface area contributed by atoms with E-state index in [1.807, 2.05) is 38.1 Å². The van der Waals surface area contributed by atoms with Gasteiger partial charge in [0.1, 0.15) is 17.0 Å². The Morgan fingerprint density at radius 3 is 2.95 bits per heavy atom. The molecule has 21 heavy (non-hydrogen) atoms. The Kier molecular flexibility index (Phi) is 3.71. The number of hydrogen-bond acceptors (Lipinski definition) is 3. The Morgan fingerprint density at radius 1 is 1.48 bits per heavy atom. The maximum atomic E-state index is 12.9. The third kappa shape index (κ3) is 2.33. The molecule has 0 saturated carbocycles. The number of aromatic nitrogens is 2. The second-order valence-corrected chi connectivity index (χ2v) is 5.72. The predicted molar refractivity (Wildman–Crippen MR) is 83.8 cm³/mol. The number of amides is 1. The summed E-state index contributed by atoms with van der Waals surface area (Å²) in [6.45, 7) is 5.16. The van der Waals surface area contributed by atoms with Crippen molar-refractivity contribution < 1.29 is 9.53 Å². The molecule has 0 fully saturated rings. The van der Waals surface area contributed by atoms with Crippen molar-refractivity contribution in [3.05, 3.63) is 40.6 Å². The molecule has 0 saturated heterocycles. The Labute approximate surface area is 131 Å². The lowest BCUT2D eigenvalue weighted by atomic mass is 10.1. The van der Waals surface area contributed by atoms with Gasteiger partial charge in [0.15, 0.2) is 0 Å². The van der Waals surface area contributed by atoms with E-state index in [1.54, 1.807) is 15.8 Å². The van der Waals surface area contributed by atoms with Gasteiger partial charge in [0.05, 0.1) is 23.5 Å². The van der Waals surface area contributed by atoms with Crippen LogP contribution in [0.5, 0.6) is 5.75 Å². The number of halogens is 1. The highest BCUT2D eigenvalue weighted by Gasteiger charge is 2.31. The Hall–Kier alpha value is -1.82. The van der Waals surface area contributed by atoms with E-state index >= 15 is 0 Å². The van der Waals surface area contributed by atoms with E-state index in [4.69, 9.17) is 4.74 Å². The van der Waals surface area contributed by atoms with Crippen LogP contribution in [0.25, 0.3) is 0 Å². The molecule has 1 aliphatic rings. The molecule has 0 spiro atoms. The smallest absolute Gasteiger partial charge is 0.263 e. The normalized spacial score (nSPS) is 17.3. The molecular formula is C15H16BrN3O2. The third-order valence-electron chi connectivity index (χ3n) is 3.57. The van der Waals surface area contributed by atoms with Crippen LogP contribution in [0.2, 0.25) is 0 Å². The summed E-state index contributed by atoms with van der Waals surface area (Å²) < 4.78 is 8.15. The molecule has 110 valence electrons. The number of rotatable bonds is 2. The van der Waals surface area contributed by atoms with Crippen molar-refractivity contribution in [1.82, 2.24) is 9.78 Å². The summed E-state index contributed by atoms with van der Waals surface area (Å²) in [6.07, 6.45) is 1.61. The topological polar surface area (TPSA) is 47.4 Å². The van der Waals surface area contributed by atoms with E-state index in [2.05, 4.69) is 21.0 Å². The average Bonchev–Trinajstić information content (AvgIpc) is 2.87. The zero-order chi connectivity index (χ0) is 15.0. The summed E-state index contributed by atoms with van der Waals surface area (Å²) >= 11 is 3.46. The van der Waals surface area contributed by atoms with E-state index in [0.29, 0.717) is 23.3 Å². The molecule has 0 bridgehead atoms. The van der Waals surface area contributed by atoms with E-state index < -0.39 is 0 Å². The van der Waals surface area contributed by atoms with Gasteiger partial charge in [-0.2, -0.15) is 5.10 Å². The Bertz CT molecular complexity index is 683. The minimum Gasteiger partial charge on any atom is -0.489 e. The lowest BCUT2D eigenvalue weighted by Crippen LogP contribution is -2.45. The van der Waals surface area contributed by atoms with Crippen LogP contribution in [0.15, 0.2) is 35.1 Å². The quantitative estimate of drug-likeness (QED) is 0.836. The number of anilines is 1. The molecule has 3 rings (SSSR count). The van der Waals surface area contributed by atoms with Crippen molar-refractivity contribution in [2.75, 3.05) is 11.5 Å². The first-order valence-electron chi connectivity index (χ1n) is 6.90. The van der Waals surface area contributed by atoms with Crippen molar-refractivity contribution in [3.63, 3.8) is 0 Å². The van der Waals surface area contributed by atoms with Crippen LogP contribution in [0.1, 0.15) is 24.2 Å². The van der Waals surface area contributed by atoms with Gasteiger partial charge in [-0.05, 0) is 41.9 Å². The highest BCUT2D eigenvalue weighted by molar-refractivity contribution is 9.10. The Morgan fingerprint density at radius 2 is 2.24 bits per heavy atom. The number of benzene rings is 1. The van der Waals surface area contributed by atoms with Crippen LogP contribution in [-0.2, 0) is 6.54 Å². The van der Waals surface area contributed by atoms with E-state index in [0.717, 1.165) is 11.4 Å². The number of carbonyl (C=O) groups is 1. The van der Waals surface area contributed by atoms with Gasteiger partial charge >= 0.3 is 0 Å². The van der Waals surface area contributed by atoms with E-state index in [-0.39, 0.29) is 11.9 Å². The van der Waals surface area contributed by atoms with Crippen molar-refractivity contribution in [1.29, 1.82) is 0 Å². The van der Waals surface area contributed by atoms with Crippen molar-refractivity contribution >= 4 is 27.5 Å². The van der Waals surface area contributed by atoms with Crippen molar-refractivity contribution in [2.24, 2.45) is 0 Å². The monoisotopic (exact) mass is 349 g/mol. The maximum Gasteiger partial charge on any atom is 0.263 e. The van der Waals surface area contributed by atoms with Gasteiger partial charge in [-0.15, -0.1) is 0 Å². The molecule has 0 aliphatic carbocycles. The van der Waals surface area contributed by atoms with Gasteiger partial charge in [-0.3, -0.25) is 14.4 Å². The van der Waals surface area contributed by atoms with Crippen LogP contribution in [0, 0.1) is 0 Å². The van der Waals surface area contributed by atoms with Gasteiger partial charge in [0, 0.05) is 6.54 Å². The van der Waals surface area contributed by atoms with Gasteiger partial charge in [-0.1, -0.05) is 12.1 Å². The summed E-state index contributed by atoms with van der Waals surface area (Å²) in [5, 5.41) is 4.22. The standard InChI is InChI=1S/C15H16BrN3O2/c1-3-18-14(16)11(8-17-18)15(20)19-10(2)9-21-13-7-5-4-6-12(13)19/h4-8,10H,3,9H2,1-2H3. The second-order valence-electron chi connectivity index (χ2n) is 4.97. The minimum atomic E-state index is -0.0650. The van der Waals surface area contributed by atoms with E-state index in [1.165, 1.54) is 0 Å². The molecule has 0 radical (unpaired) electrons. The first-order valence-corrected chi connectivity index (χ1v) is 7.69. The number of fused-ring (bicyclic) bond motifs is 1. The molecule has 0 N–H and O–H groups in total. The van der Waals surface area contributed by atoms with Gasteiger partial charge < -0.3 is 4.74 Å². The van der Waals surface area contributed by atoms with Crippen molar-refractivity contribution in [2.45, 2.75) is 26.4 Å². The SMILES string of the molecule is CCn1ncc(C(=O)N2c3ccccc3OCC2C)c1Br. The van der Waals surface area contributed by atoms with Crippen LogP contribution in [0.3, 0.4) is 0 Å². The molecule has 1 aromatic carbocycles. The molecule has 1 aliphatic heterocycles. The molecule has 2 heterocycles. The largest absolute Gasteiger partial charge is 0.489 e. The van der Waals surface area contributed by atoms with Gasteiger partial charge in [-0.25, -0.2) is 0 Å². The number of carbonyl (C=O) groups excluding carboxylic acids is 1. The van der Waals surface area contributed by atoms with Gasteiger partial charge in [0.2, 0.25) is 0 Å². The maximum absolute atomic E-state index is 12.9. The van der Waals surface area contributed by atoms with E-state index in [9.17, 15) is 4.79 Å². The molecule has 1 amide bonds. The molecule has 1 aromatic heterocycles. The van der Waals surface area contributed by atoms with Crippen LogP contribution in [0.4, 0.5) is 5.69 Å². The van der Waals surface area contributed by atoms with Crippen molar-refractivity contribution in [3.8, 4) is 5.75 Å². The summed E-state index contributed by atoms with van der Waals surface area (Å²) in [7, 11) is 0. The molecule has 2 aromatic rings. The predicted octanol–water partition coefficient (Wildman–Crippen LogP) is 3.09. The zero-order valence-electron chi connectivity index (χ0n) is 11.9. The lowest BCUT2D eigenvalue weighted by molar-refractivity contribution is 0.0960. The van der Waals surface area contributed by atoms with Gasteiger partial charge in [0.25, 0.3) is 5.91 Å². The number of nitrogens with zero attached hydrogens (tertiary/aromatic N) is 3. The number of aryl methyl sites for hydroxylation is 1. The highest BCUT2D eigenvalue weighted by Crippen LogP contribution is 2.35. The third-order valence-corrected chi connectivity index (χ3v) is 4.41. The fourth-order valence-electron chi connectivity index (χ4n) is 2.47. The first-order chi connectivity index (χ1) is 10.1. The number of hydrogen-bond donors (Lipinski definition) is 0. The molecule has 6 heteroatoms. The fourth-order valence-corrected chi connectivity index (χ4v) is 3.09. The fraction of sp³-hybridized carbons (Fsp3) is 0.333. The van der Waals surface area contributed by atoms with Crippen LogP contribution >= 0.6 is 15.9 Å². The summed E-state index contributed by atoms with van der Waals surface area (Å²) in [6, 6.07) is 7.57. The van der Waals surface area contributed by atoms with Crippen LogP contribution in [-0.4, -0.2) is 28.3 Å². The summed E-state index contributed by atoms with van der Waals surface area (Å²) in [4.78, 5) is 14.7. The zero-order valence-corrected chi connectivity index (χ0v) is 13.5. The first kappa shape index (κ1) is 14.1. The minimum absolute atomic E-state index is 0.0238. The molecule has 5 nitrogen and oxygen atoms in total. The Balaban J connectivity index is 2.02. The second kappa shape index (κ2) is 5.52. The summed E-state index contributed by atoms with van der Waals surface area (Å²) in [5.74, 6) is 0.674. The average molecular weight is 350 g/mol. The molecule has 1 atom stereocenters. The number of para-hydroxylation sites is 2. The molecular weight excluding hydrogens is 334 g/mol. The highest BCUT2D eigenvalue weighted by atomic mass is 79.9. The number of ether oxygens (including phenoxy) is 1. The lowest BCUT2D eigenvalue weighted by Gasteiger charge is -2.34. The van der Waals surface area contributed by atoms with Crippen LogP contribution < -0.4 is 9.64 Å². The molecule has 1 unspecified atom stereocenters.